The highest BCUT2D eigenvalue weighted by molar-refractivity contribution is 5.26. The van der Waals surface area contributed by atoms with Gasteiger partial charge in [-0.05, 0) is 52.2 Å². The van der Waals surface area contributed by atoms with Crippen LogP contribution in [0.15, 0.2) is 35.3 Å². The average molecular weight is 222 g/mol. The molecule has 0 amide bonds. The fraction of sp³-hybridized carbons (Fsp3) is 0.571. The topological polar surface area (TPSA) is 18.5 Å². The van der Waals surface area contributed by atoms with E-state index in [0.717, 1.165) is 31.0 Å². The summed E-state index contributed by atoms with van der Waals surface area (Å²) in [7, 11) is 0. The molecule has 0 atom stereocenters. The van der Waals surface area contributed by atoms with E-state index in [4.69, 9.17) is 9.47 Å². The van der Waals surface area contributed by atoms with Gasteiger partial charge in [-0.2, -0.15) is 0 Å². The number of rotatable bonds is 4. The van der Waals surface area contributed by atoms with E-state index in [0.29, 0.717) is 6.61 Å². The number of hydrogen-bond acceptors (Lipinski definition) is 2. The van der Waals surface area contributed by atoms with Crippen LogP contribution in [0.3, 0.4) is 0 Å². The normalized spacial score (nSPS) is 16.9. The molecule has 0 bridgehead atoms. The summed E-state index contributed by atoms with van der Waals surface area (Å²) in [5, 5.41) is 0. The Morgan fingerprint density at radius 3 is 2.88 bits per heavy atom. The molecular formula is C14H22O2. The summed E-state index contributed by atoms with van der Waals surface area (Å²) in [6.45, 7) is 7.60. The molecule has 16 heavy (non-hydrogen) atoms. The van der Waals surface area contributed by atoms with Crippen molar-refractivity contribution in [2.24, 2.45) is 0 Å². The third-order valence-corrected chi connectivity index (χ3v) is 2.30. The standard InChI is InChI=1S/C14H22O2/c1-4-15-14(10-9-12(2)3)13-8-6-5-7-11-16-13/h8-10H,4-7,11H2,1-3H3/b14-10-. The minimum absolute atomic E-state index is 0.670. The molecule has 0 aromatic carbocycles. The highest BCUT2D eigenvalue weighted by Crippen LogP contribution is 2.19. The van der Waals surface area contributed by atoms with Gasteiger partial charge in [0.15, 0.2) is 11.5 Å². The van der Waals surface area contributed by atoms with E-state index < -0.39 is 0 Å². The zero-order valence-electron chi connectivity index (χ0n) is 10.6. The van der Waals surface area contributed by atoms with Crippen LogP contribution in [-0.2, 0) is 9.47 Å². The van der Waals surface area contributed by atoms with Crippen LogP contribution in [0, 0.1) is 0 Å². The van der Waals surface area contributed by atoms with Gasteiger partial charge in [-0.15, -0.1) is 0 Å². The van der Waals surface area contributed by atoms with E-state index >= 15 is 0 Å². The highest BCUT2D eigenvalue weighted by atomic mass is 16.5. The van der Waals surface area contributed by atoms with Crippen LogP contribution in [0.4, 0.5) is 0 Å². The lowest BCUT2D eigenvalue weighted by Gasteiger charge is -2.12. The highest BCUT2D eigenvalue weighted by Gasteiger charge is 2.09. The first kappa shape index (κ1) is 12.9. The van der Waals surface area contributed by atoms with Gasteiger partial charge in [0.25, 0.3) is 0 Å². The van der Waals surface area contributed by atoms with Gasteiger partial charge in [-0.1, -0.05) is 11.6 Å². The smallest absolute Gasteiger partial charge is 0.160 e. The van der Waals surface area contributed by atoms with Crippen LogP contribution < -0.4 is 0 Å². The maximum atomic E-state index is 5.69. The van der Waals surface area contributed by atoms with Gasteiger partial charge in [0.2, 0.25) is 0 Å². The molecule has 0 unspecified atom stereocenters. The van der Waals surface area contributed by atoms with Crippen LogP contribution in [0.2, 0.25) is 0 Å². The Hall–Kier alpha value is -1.18. The third kappa shape index (κ3) is 4.56. The lowest BCUT2D eigenvalue weighted by atomic mass is 10.2. The maximum Gasteiger partial charge on any atom is 0.160 e. The number of ether oxygens (including phenoxy) is 2. The Balaban J connectivity index is 2.78. The van der Waals surface area contributed by atoms with Crippen LogP contribution in [0.5, 0.6) is 0 Å². The predicted octanol–water partition coefficient (Wildman–Crippen LogP) is 3.96. The second-order valence-electron chi connectivity index (χ2n) is 4.12. The predicted molar refractivity (Wildman–Crippen MR) is 67.0 cm³/mol. The SMILES string of the molecule is CCO/C(=C\C=C(C)C)C1=CCCCCO1. The first-order valence-corrected chi connectivity index (χ1v) is 6.05. The Labute approximate surface area is 98.6 Å². The Bertz CT molecular complexity index is 294. The van der Waals surface area contributed by atoms with Gasteiger partial charge < -0.3 is 9.47 Å². The quantitative estimate of drug-likeness (QED) is 0.529. The van der Waals surface area contributed by atoms with Crippen molar-refractivity contribution in [3.63, 3.8) is 0 Å². The summed E-state index contributed by atoms with van der Waals surface area (Å²) in [6, 6.07) is 0. The molecular weight excluding hydrogens is 200 g/mol. The van der Waals surface area contributed by atoms with Gasteiger partial charge in [0.1, 0.15) is 0 Å². The molecule has 0 fully saturated rings. The zero-order chi connectivity index (χ0) is 11.8. The van der Waals surface area contributed by atoms with E-state index in [1.165, 1.54) is 12.0 Å². The van der Waals surface area contributed by atoms with Gasteiger partial charge in [0, 0.05) is 0 Å². The van der Waals surface area contributed by atoms with Gasteiger partial charge in [-0.3, -0.25) is 0 Å². The largest absolute Gasteiger partial charge is 0.490 e. The summed E-state index contributed by atoms with van der Waals surface area (Å²) in [5.41, 5.74) is 1.26. The van der Waals surface area contributed by atoms with Crippen LogP contribution >= 0.6 is 0 Å². The first-order chi connectivity index (χ1) is 7.74. The number of hydrogen-bond donors (Lipinski definition) is 0. The molecule has 0 aliphatic carbocycles. The molecule has 0 saturated carbocycles. The van der Waals surface area contributed by atoms with Crippen molar-refractivity contribution in [3.8, 4) is 0 Å². The Kier molecular flexibility index (Phi) is 5.76. The second-order valence-corrected chi connectivity index (χ2v) is 4.12. The van der Waals surface area contributed by atoms with E-state index in [-0.39, 0.29) is 0 Å². The van der Waals surface area contributed by atoms with E-state index in [1.807, 2.05) is 13.0 Å². The van der Waals surface area contributed by atoms with Crippen molar-refractivity contribution in [1.82, 2.24) is 0 Å². The molecule has 0 N–H and O–H groups in total. The van der Waals surface area contributed by atoms with Crippen LogP contribution in [-0.4, -0.2) is 13.2 Å². The first-order valence-electron chi connectivity index (χ1n) is 6.05. The summed E-state index contributed by atoms with van der Waals surface area (Å²) < 4.78 is 11.3. The molecule has 1 aliphatic heterocycles. The second kappa shape index (κ2) is 7.15. The number of allylic oxidation sites excluding steroid dienone is 4. The fourth-order valence-corrected chi connectivity index (χ4v) is 1.49. The van der Waals surface area contributed by atoms with Crippen LogP contribution in [0.1, 0.15) is 40.0 Å². The zero-order valence-corrected chi connectivity index (χ0v) is 10.6. The molecule has 2 nitrogen and oxygen atoms in total. The molecule has 90 valence electrons. The maximum absolute atomic E-state index is 5.69. The van der Waals surface area contributed by atoms with E-state index in [1.54, 1.807) is 0 Å². The molecule has 0 aromatic rings. The molecule has 0 radical (unpaired) electrons. The molecule has 2 heteroatoms. The van der Waals surface area contributed by atoms with Gasteiger partial charge >= 0.3 is 0 Å². The lowest BCUT2D eigenvalue weighted by molar-refractivity contribution is 0.159. The minimum Gasteiger partial charge on any atom is -0.490 e. The van der Waals surface area contributed by atoms with Crippen LogP contribution in [0.25, 0.3) is 0 Å². The summed E-state index contributed by atoms with van der Waals surface area (Å²) in [4.78, 5) is 0. The van der Waals surface area contributed by atoms with Crippen molar-refractivity contribution in [1.29, 1.82) is 0 Å². The molecule has 1 heterocycles. The van der Waals surface area contributed by atoms with Crippen molar-refractivity contribution in [2.45, 2.75) is 40.0 Å². The Morgan fingerprint density at radius 1 is 1.38 bits per heavy atom. The molecule has 0 saturated heterocycles. The minimum atomic E-state index is 0.670. The van der Waals surface area contributed by atoms with E-state index in [2.05, 4.69) is 26.0 Å². The third-order valence-electron chi connectivity index (χ3n) is 2.30. The van der Waals surface area contributed by atoms with Crippen molar-refractivity contribution < 1.29 is 9.47 Å². The van der Waals surface area contributed by atoms with Crippen molar-refractivity contribution in [3.05, 3.63) is 35.3 Å². The monoisotopic (exact) mass is 222 g/mol. The molecule has 1 aliphatic rings. The van der Waals surface area contributed by atoms with Gasteiger partial charge in [0.05, 0.1) is 13.2 Å². The van der Waals surface area contributed by atoms with Gasteiger partial charge in [-0.25, -0.2) is 0 Å². The summed E-state index contributed by atoms with van der Waals surface area (Å²) >= 11 is 0. The molecule has 0 spiro atoms. The average Bonchev–Trinajstić information content (AvgIpc) is 2.52. The molecule has 1 rings (SSSR count). The Morgan fingerprint density at radius 2 is 2.19 bits per heavy atom. The summed E-state index contributed by atoms with van der Waals surface area (Å²) in [6.07, 6.45) is 9.59. The molecule has 0 aromatic heterocycles. The fourth-order valence-electron chi connectivity index (χ4n) is 1.49. The van der Waals surface area contributed by atoms with Crippen molar-refractivity contribution >= 4 is 0 Å². The van der Waals surface area contributed by atoms with E-state index in [9.17, 15) is 0 Å². The van der Waals surface area contributed by atoms with Crippen molar-refractivity contribution in [2.75, 3.05) is 13.2 Å². The lowest BCUT2D eigenvalue weighted by Crippen LogP contribution is -2.00. The summed E-state index contributed by atoms with van der Waals surface area (Å²) in [5.74, 6) is 1.75.